The standard InChI is InChI=1S/C12H21NO18S3/c14-6-1-5(2-27-33(20,21)22)28-11(9(6)13-32(17,18)19)29-7-3-26-4-8(31-34(23,24)25)10(7)30-12(15)16/h5-11,13-14H,1-4H2,(H,15,16)(H,17,18,19)(H,20,21,22)(H,23,24,25)/t5?,6?,7-,8?,9-,10-,11-/m0/s1. The first-order chi connectivity index (χ1) is 15.4. The van der Waals surface area contributed by atoms with Crippen LogP contribution in [-0.2, 0) is 58.4 Å². The van der Waals surface area contributed by atoms with Gasteiger partial charge in [0.1, 0.15) is 18.2 Å². The summed E-state index contributed by atoms with van der Waals surface area (Å²) >= 11 is 0. The SMILES string of the molecule is O=C(O)O[C@@H]1C(OS(=O)(=O)O)COC[C@@H]1O[C@@H]1OC(COS(=O)(=O)O)CC(O)[C@@H]1NS(=O)(=O)O. The molecular weight excluding hydrogens is 542 g/mol. The van der Waals surface area contributed by atoms with Gasteiger partial charge in [0.25, 0.3) is 0 Å². The van der Waals surface area contributed by atoms with Crippen LogP contribution in [0.2, 0.25) is 0 Å². The first kappa shape index (κ1) is 29.0. The smallest absolute Gasteiger partial charge is 0.450 e. The molecule has 7 atom stereocenters. The molecule has 2 aliphatic rings. The Hall–Kier alpha value is -1.28. The molecule has 0 bridgehead atoms. The average Bonchev–Trinajstić information content (AvgIpc) is 2.62. The Balaban J connectivity index is 2.29. The topological polar surface area (TPSA) is 288 Å². The quantitative estimate of drug-likeness (QED) is 0.112. The minimum atomic E-state index is -5.12. The third-order valence-corrected chi connectivity index (χ3v) is 5.81. The number of hydrogen-bond donors (Lipinski definition) is 6. The van der Waals surface area contributed by atoms with Crippen molar-refractivity contribution in [2.75, 3.05) is 19.8 Å². The Bertz CT molecular complexity index is 1030. The van der Waals surface area contributed by atoms with E-state index in [0.717, 1.165) is 0 Å². The van der Waals surface area contributed by atoms with Crippen LogP contribution < -0.4 is 4.72 Å². The molecule has 200 valence electrons. The lowest BCUT2D eigenvalue weighted by atomic mass is 10.0. The van der Waals surface area contributed by atoms with Crippen LogP contribution in [0.5, 0.6) is 0 Å². The summed E-state index contributed by atoms with van der Waals surface area (Å²) in [6.07, 6.45) is -12.6. The minimum Gasteiger partial charge on any atom is -0.450 e. The van der Waals surface area contributed by atoms with E-state index in [9.17, 15) is 35.2 Å². The van der Waals surface area contributed by atoms with Gasteiger partial charge in [0.15, 0.2) is 12.4 Å². The molecule has 0 spiro atoms. The second-order valence-electron chi connectivity index (χ2n) is 6.88. The highest BCUT2D eigenvalue weighted by Crippen LogP contribution is 2.27. The Labute approximate surface area is 192 Å². The monoisotopic (exact) mass is 563 g/mol. The number of carbonyl (C=O) groups is 1. The molecule has 34 heavy (non-hydrogen) atoms. The van der Waals surface area contributed by atoms with Crippen molar-refractivity contribution in [3.05, 3.63) is 0 Å². The van der Waals surface area contributed by atoms with E-state index in [-0.39, 0.29) is 0 Å². The molecule has 6 N–H and O–H groups in total. The van der Waals surface area contributed by atoms with E-state index in [2.05, 4.69) is 13.1 Å². The molecule has 0 radical (unpaired) electrons. The molecule has 0 aromatic heterocycles. The van der Waals surface area contributed by atoms with Crippen LogP contribution >= 0.6 is 0 Å². The minimum absolute atomic E-state index is 0.493. The summed E-state index contributed by atoms with van der Waals surface area (Å²) in [6.45, 7) is -1.99. The van der Waals surface area contributed by atoms with Gasteiger partial charge in [-0.2, -0.15) is 30.0 Å². The first-order valence-electron chi connectivity index (χ1n) is 8.92. The summed E-state index contributed by atoms with van der Waals surface area (Å²) in [5.41, 5.74) is 0. The molecule has 19 nitrogen and oxygen atoms in total. The lowest BCUT2D eigenvalue weighted by molar-refractivity contribution is -0.280. The summed E-state index contributed by atoms with van der Waals surface area (Å²) in [5.74, 6) is 0. The number of nitrogens with one attached hydrogen (secondary N) is 1. The largest absolute Gasteiger partial charge is 0.506 e. The number of ether oxygens (including phenoxy) is 4. The fraction of sp³-hybridized carbons (Fsp3) is 0.917. The summed E-state index contributed by atoms with van der Waals surface area (Å²) in [4.78, 5) is 11.1. The maximum absolute atomic E-state index is 11.3. The second kappa shape index (κ2) is 11.2. The zero-order valence-electron chi connectivity index (χ0n) is 16.6. The summed E-state index contributed by atoms with van der Waals surface area (Å²) in [6, 6.07) is -1.77. The highest BCUT2D eigenvalue weighted by Gasteiger charge is 2.47. The summed E-state index contributed by atoms with van der Waals surface area (Å²) in [7, 11) is -15.0. The van der Waals surface area contributed by atoms with Crippen LogP contribution in [0.15, 0.2) is 0 Å². The fourth-order valence-electron chi connectivity index (χ4n) is 3.14. The molecule has 0 amide bonds. The predicted octanol–water partition coefficient (Wildman–Crippen LogP) is -3.29. The Morgan fingerprint density at radius 1 is 1.00 bits per heavy atom. The van der Waals surface area contributed by atoms with Gasteiger partial charge in [-0.05, 0) is 0 Å². The van der Waals surface area contributed by atoms with Crippen molar-refractivity contribution in [2.24, 2.45) is 0 Å². The maximum Gasteiger partial charge on any atom is 0.506 e. The van der Waals surface area contributed by atoms with Gasteiger partial charge < -0.3 is 29.2 Å². The number of hydrogen-bond acceptors (Lipinski definition) is 14. The Kier molecular flexibility index (Phi) is 9.53. The average molecular weight is 563 g/mol. The number of aliphatic hydroxyl groups is 1. The third kappa shape index (κ3) is 9.76. The van der Waals surface area contributed by atoms with Crippen LogP contribution in [0.25, 0.3) is 0 Å². The molecule has 0 aliphatic carbocycles. The molecule has 0 aromatic carbocycles. The van der Waals surface area contributed by atoms with Crippen LogP contribution in [-0.4, -0.2) is 118 Å². The maximum atomic E-state index is 11.3. The Morgan fingerprint density at radius 2 is 1.62 bits per heavy atom. The van der Waals surface area contributed by atoms with Crippen molar-refractivity contribution in [2.45, 2.75) is 49.3 Å². The van der Waals surface area contributed by atoms with Gasteiger partial charge in [-0.15, -0.1) is 0 Å². The van der Waals surface area contributed by atoms with E-state index >= 15 is 0 Å². The molecule has 2 saturated heterocycles. The lowest BCUT2D eigenvalue weighted by Crippen LogP contribution is -2.61. The van der Waals surface area contributed by atoms with Crippen LogP contribution in [0.3, 0.4) is 0 Å². The van der Waals surface area contributed by atoms with Gasteiger partial charge in [-0.1, -0.05) is 0 Å². The van der Waals surface area contributed by atoms with Crippen molar-refractivity contribution in [3.63, 3.8) is 0 Å². The van der Waals surface area contributed by atoms with Crippen LogP contribution in [0.4, 0.5) is 4.79 Å². The van der Waals surface area contributed by atoms with Gasteiger partial charge in [0.2, 0.25) is 0 Å². The first-order valence-corrected chi connectivity index (χ1v) is 13.1. The molecule has 0 aromatic rings. The fourth-order valence-corrected chi connectivity index (χ4v) is 4.56. The molecule has 0 saturated carbocycles. The number of aliphatic hydroxyl groups excluding tert-OH is 1. The molecular formula is C12H21NO18S3. The van der Waals surface area contributed by atoms with Crippen LogP contribution in [0, 0.1) is 0 Å². The zero-order valence-corrected chi connectivity index (χ0v) is 19.1. The van der Waals surface area contributed by atoms with Gasteiger partial charge in [0, 0.05) is 6.42 Å². The number of rotatable bonds is 10. The lowest BCUT2D eigenvalue weighted by Gasteiger charge is -2.42. The summed E-state index contributed by atoms with van der Waals surface area (Å²) in [5, 5.41) is 19.3. The normalized spacial score (nSPS) is 33.4. The van der Waals surface area contributed by atoms with Gasteiger partial charge >= 0.3 is 37.3 Å². The van der Waals surface area contributed by atoms with Crippen molar-refractivity contribution in [1.82, 2.24) is 4.72 Å². The zero-order chi connectivity index (χ0) is 25.9. The summed E-state index contributed by atoms with van der Waals surface area (Å²) < 4.78 is 123. The van der Waals surface area contributed by atoms with Crippen molar-refractivity contribution in [3.8, 4) is 0 Å². The highest BCUT2D eigenvalue weighted by molar-refractivity contribution is 7.83. The van der Waals surface area contributed by atoms with Gasteiger partial charge in [-0.25, -0.2) is 13.2 Å². The van der Waals surface area contributed by atoms with Gasteiger partial charge in [0.05, 0.1) is 32.0 Å². The van der Waals surface area contributed by atoms with Crippen LogP contribution in [0.1, 0.15) is 6.42 Å². The number of carboxylic acid groups (broad SMARTS) is 1. The third-order valence-electron chi connectivity index (χ3n) is 4.31. The molecule has 22 heteroatoms. The van der Waals surface area contributed by atoms with E-state index in [1.807, 2.05) is 0 Å². The van der Waals surface area contributed by atoms with E-state index in [1.54, 1.807) is 4.72 Å². The van der Waals surface area contributed by atoms with Crippen molar-refractivity contribution in [1.29, 1.82) is 0 Å². The van der Waals surface area contributed by atoms with E-state index in [1.165, 1.54) is 0 Å². The predicted molar refractivity (Wildman–Crippen MR) is 100 cm³/mol. The van der Waals surface area contributed by atoms with Crippen molar-refractivity contribution < 1.29 is 81.2 Å². The van der Waals surface area contributed by atoms with E-state index < -0.39 is 106 Å². The molecule has 2 rings (SSSR count). The highest BCUT2D eigenvalue weighted by atomic mass is 32.3. The van der Waals surface area contributed by atoms with Crippen molar-refractivity contribution >= 4 is 37.3 Å². The van der Waals surface area contributed by atoms with E-state index in [4.69, 9.17) is 33.0 Å². The molecule has 2 fully saturated rings. The molecule has 2 heterocycles. The Morgan fingerprint density at radius 3 is 2.15 bits per heavy atom. The van der Waals surface area contributed by atoms with Gasteiger partial charge in [-0.3, -0.25) is 13.7 Å². The molecule has 3 unspecified atom stereocenters. The van der Waals surface area contributed by atoms with E-state index in [0.29, 0.717) is 0 Å². The second-order valence-corrected chi connectivity index (χ2v) is 10.2. The molecule has 2 aliphatic heterocycles.